The number of thioether (sulfide) groups is 1. The van der Waals surface area contributed by atoms with Gasteiger partial charge in [-0.15, -0.1) is 11.8 Å². The fourth-order valence-corrected chi connectivity index (χ4v) is 6.81. The minimum atomic E-state index is -3.86. The number of hydrogen-bond donors (Lipinski definition) is 3. The maximum Gasteiger partial charge on any atom is 0.280 e. The lowest BCUT2D eigenvalue weighted by Crippen LogP contribution is -2.61. The number of nitrogens with one attached hydrogen (secondary N) is 3. The number of aromatic amines is 1. The zero-order chi connectivity index (χ0) is 22.3. The molecule has 4 atom stereocenters. The van der Waals surface area contributed by atoms with E-state index in [0.717, 1.165) is 21.0 Å². The zero-order valence-corrected chi connectivity index (χ0v) is 19.1. The first-order valence-electron chi connectivity index (χ1n) is 9.54. The third kappa shape index (κ3) is 4.51. The normalized spacial score (nSPS) is 28.3. The van der Waals surface area contributed by atoms with Gasteiger partial charge in [0, 0.05) is 28.9 Å². The first-order valence-corrected chi connectivity index (χ1v) is 12.2. The van der Waals surface area contributed by atoms with Crippen molar-refractivity contribution in [3.05, 3.63) is 53.3 Å². The van der Waals surface area contributed by atoms with E-state index in [4.69, 9.17) is 11.6 Å². The highest BCUT2D eigenvalue weighted by atomic mass is 35.5. The summed E-state index contributed by atoms with van der Waals surface area (Å²) in [6.07, 6.45) is 5.67. The van der Waals surface area contributed by atoms with Gasteiger partial charge in [0.25, 0.3) is 10.2 Å². The largest absolute Gasteiger partial charge is 0.344 e. The smallest absolute Gasteiger partial charge is 0.280 e. The zero-order valence-electron chi connectivity index (χ0n) is 16.7. The third-order valence-electron chi connectivity index (χ3n) is 5.44. The number of imidazole rings is 1. The molecule has 0 spiro atoms. The Bertz CT molecular complexity index is 1130. The van der Waals surface area contributed by atoms with Gasteiger partial charge in [-0.3, -0.25) is 4.79 Å². The van der Waals surface area contributed by atoms with Crippen LogP contribution in [0.3, 0.4) is 0 Å². The van der Waals surface area contributed by atoms with E-state index in [0.29, 0.717) is 5.69 Å². The summed E-state index contributed by atoms with van der Waals surface area (Å²) in [4.78, 5) is 21.0. The van der Waals surface area contributed by atoms with Crippen LogP contribution in [0.2, 0.25) is 5.02 Å². The molecule has 1 aromatic heterocycles. The molecule has 1 saturated heterocycles. The first kappa shape index (κ1) is 22.3. The fourth-order valence-electron chi connectivity index (χ4n) is 3.77. The summed E-state index contributed by atoms with van der Waals surface area (Å²) in [5.41, 5.74) is 1.17. The summed E-state index contributed by atoms with van der Waals surface area (Å²) in [7, 11) is -2.50. The Labute approximate surface area is 188 Å². The number of likely N-dealkylation sites (N-methyl/N-ethyl adjacent to an activating group) is 1. The predicted molar refractivity (Wildman–Crippen MR) is 119 cm³/mol. The van der Waals surface area contributed by atoms with Gasteiger partial charge in [0.2, 0.25) is 5.91 Å². The van der Waals surface area contributed by atoms with Gasteiger partial charge in [0.05, 0.1) is 23.2 Å². The van der Waals surface area contributed by atoms with Crippen molar-refractivity contribution in [3.8, 4) is 0 Å². The molecule has 2 aliphatic heterocycles. The molecule has 12 heteroatoms. The third-order valence-corrected chi connectivity index (χ3v) is 8.98. The van der Waals surface area contributed by atoms with Gasteiger partial charge in [0.15, 0.2) is 0 Å². The maximum atomic E-state index is 13.4. The van der Waals surface area contributed by atoms with Crippen LogP contribution in [-0.4, -0.2) is 53.0 Å². The van der Waals surface area contributed by atoms with Crippen molar-refractivity contribution >= 4 is 50.1 Å². The first-order chi connectivity index (χ1) is 14.7. The highest BCUT2D eigenvalue weighted by Crippen LogP contribution is 2.44. The summed E-state index contributed by atoms with van der Waals surface area (Å²) in [5, 5.41) is 2.43. The molecule has 0 radical (unpaired) electrons. The Morgan fingerprint density at radius 3 is 2.87 bits per heavy atom. The molecule has 0 aliphatic carbocycles. The van der Waals surface area contributed by atoms with Crippen LogP contribution in [0.25, 0.3) is 4.91 Å². The molecule has 2 unspecified atom stereocenters. The summed E-state index contributed by atoms with van der Waals surface area (Å²) in [6.45, 7) is 2.02. The number of carbonyl (C=O) groups excluding carboxylic acids is 1. The average molecular weight is 486 g/mol. The Morgan fingerprint density at radius 2 is 2.19 bits per heavy atom. The van der Waals surface area contributed by atoms with E-state index in [9.17, 15) is 17.6 Å². The predicted octanol–water partition coefficient (Wildman–Crippen LogP) is 2.84. The van der Waals surface area contributed by atoms with Gasteiger partial charge in [-0.05, 0) is 30.5 Å². The van der Waals surface area contributed by atoms with Gasteiger partial charge in [0.1, 0.15) is 11.9 Å². The molecule has 1 fully saturated rings. The molecule has 1 amide bonds. The molecule has 166 valence electrons. The molecule has 3 heterocycles. The maximum absolute atomic E-state index is 13.4. The summed E-state index contributed by atoms with van der Waals surface area (Å²) < 4.78 is 42.6. The van der Waals surface area contributed by atoms with Crippen LogP contribution in [0.15, 0.2) is 36.8 Å². The molecule has 0 saturated carbocycles. The fraction of sp³-hybridized carbons (Fsp3) is 0.368. The van der Waals surface area contributed by atoms with E-state index in [1.165, 1.54) is 19.2 Å². The number of anilines is 1. The van der Waals surface area contributed by atoms with Crippen LogP contribution < -0.4 is 10.0 Å². The Balaban J connectivity index is 1.52. The van der Waals surface area contributed by atoms with E-state index in [1.807, 2.05) is 6.92 Å². The van der Waals surface area contributed by atoms with Gasteiger partial charge >= 0.3 is 0 Å². The van der Waals surface area contributed by atoms with Crippen LogP contribution >= 0.6 is 23.4 Å². The Morgan fingerprint density at radius 1 is 1.42 bits per heavy atom. The molecule has 4 rings (SSSR count). The van der Waals surface area contributed by atoms with Crippen LogP contribution in [0.4, 0.5) is 10.1 Å². The van der Waals surface area contributed by atoms with Gasteiger partial charge in [-0.1, -0.05) is 24.6 Å². The van der Waals surface area contributed by atoms with Crippen molar-refractivity contribution in [1.82, 2.24) is 19.0 Å². The van der Waals surface area contributed by atoms with E-state index >= 15 is 0 Å². The molecule has 0 bridgehead atoms. The molecular weight excluding hydrogens is 465 g/mol. The molecular formula is C19H21ClFN5O3S2. The second-order valence-corrected chi connectivity index (χ2v) is 10.9. The van der Waals surface area contributed by atoms with Crippen molar-refractivity contribution in [3.63, 3.8) is 0 Å². The standard InChI is InChI=1S/C19H21ClFN5O3S2/c1-10-5-17(15-8-22-9-23-15)30-18(10)14-7-16(26(2)31(28,29)25-14)19(27)24-11-3-4-13(21)12(20)6-11/h3-6,8-10,14,16,18,25H,7H2,1-2H3,(H,22,23)(H,24,27)/t10?,14-,16+,18?/m1/s1. The Hall–Kier alpha value is -1.92. The van der Waals surface area contributed by atoms with E-state index in [-0.39, 0.29) is 22.6 Å². The van der Waals surface area contributed by atoms with Gasteiger partial charge in [-0.2, -0.15) is 17.4 Å². The number of carbonyl (C=O) groups is 1. The number of rotatable bonds is 4. The molecule has 31 heavy (non-hydrogen) atoms. The number of benzene rings is 1. The molecule has 2 aliphatic rings. The molecule has 3 N–H and O–H groups in total. The minimum Gasteiger partial charge on any atom is -0.344 e. The quantitative estimate of drug-likeness (QED) is 0.617. The lowest BCUT2D eigenvalue weighted by Gasteiger charge is -2.39. The van der Waals surface area contributed by atoms with E-state index in [1.54, 1.807) is 24.3 Å². The van der Waals surface area contributed by atoms with Crippen LogP contribution in [-0.2, 0) is 15.0 Å². The number of amides is 1. The van der Waals surface area contributed by atoms with Gasteiger partial charge < -0.3 is 10.3 Å². The van der Waals surface area contributed by atoms with Crippen molar-refractivity contribution in [2.24, 2.45) is 5.92 Å². The number of allylic oxidation sites excluding steroid dienone is 1. The van der Waals surface area contributed by atoms with Crippen LogP contribution in [0.1, 0.15) is 19.0 Å². The van der Waals surface area contributed by atoms with Crippen molar-refractivity contribution in [2.75, 3.05) is 12.4 Å². The number of aromatic nitrogens is 2. The summed E-state index contributed by atoms with van der Waals surface area (Å²) >= 11 is 7.34. The van der Waals surface area contributed by atoms with Crippen LogP contribution in [0.5, 0.6) is 0 Å². The highest BCUT2D eigenvalue weighted by Gasteiger charge is 2.45. The van der Waals surface area contributed by atoms with E-state index < -0.39 is 34.0 Å². The molecule has 2 aromatic rings. The van der Waals surface area contributed by atoms with Crippen LogP contribution in [0, 0.1) is 11.7 Å². The second kappa shape index (κ2) is 8.55. The second-order valence-electron chi connectivity index (χ2n) is 7.55. The van der Waals surface area contributed by atoms with Gasteiger partial charge in [-0.25, -0.2) is 9.37 Å². The average Bonchev–Trinajstić information content (AvgIpc) is 3.36. The lowest BCUT2D eigenvalue weighted by molar-refractivity contribution is -0.120. The number of hydrogen-bond acceptors (Lipinski definition) is 5. The molecule has 1 aromatic carbocycles. The monoisotopic (exact) mass is 485 g/mol. The number of halogens is 2. The summed E-state index contributed by atoms with van der Waals surface area (Å²) in [6, 6.07) is 2.43. The topological polar surface area (TPSA) is 107 Å². The van der Waals surface area contributed by atoms with E-state index in [2.05, 4.69) is 26.1 Å². The SMILES string of the molecule is CC1C=C(c2cnc[nH]2)SC1[C@H]1C[C@@H](C(=O)Nc2ccc(F)c(Cl)c2)N(C)S(=O)(=O)N1. The number of H-pyrrole nitrogens is 1. The van der Waals surface area contributed by atoms with Crippen molar-refractivity contribution in [2.45, 2.75) is 30.7 Å². The Kier molecular flexibility index (Phi) is 6.14. The summed E-state index contributed by atoms with van der Waals surface area (Å²) in [5.74, 6) is -1.02. The molecule has 8 nitrogen and oxygen atoms in total. The number of nitrogens with zero attached hydrogens (tertiary/aromatic N) is 2. The van der Waals surface area contributed by atoms with Crippen molar-refractivity contribution in [1.29, 1.82) is 0 Å². The lowest BCUT2D eigenvalue weighted by atomic mass is 9.95. The minimum absolute atomic E-state index is 0.0824. The highest BCUT2D eigenvalue weighted by molar-refractivity contribution is 8.09. The van der Waals surface area contributed by atoms with Crippen molar-refractivity contribution < 1.29 is 17.6 Å².